The van der Waals surface area contributed by atoms with Gasteiger partial charge in [0.15, 0.2) is 10.9 Å². The third-order valence-corrected chi connectivity index (χ3v) is 5.10. The number of hydrogen-bond acceptors (Lipinski definition) is 6. The van der Waals surface area contributed by atoms with Gasteiger partial charge in [0.05, 0.1) is 28.1 Å². The number of fused-ring (bicyclic) bond motifs is 1. The first-order valence-electron chi connectivity index (χ1n) is 10.3. The van der Waals surface area contributed by atoms with E-state index in [1.54, 1.807) is 12.4 Å². The zero-order chi connectivity index (χ0) is 22.5. The molecule has 0 unspecified atom stereocenters. The van der Waals surface area contributed by atoms with Gasteiger partial charge in [0.25, 0.3) is 0 Å². The summed E-state index contributed by atoms with van der Waals surface area (Å²) in [6.07, 6.45) is 3.36. The number of anilines is 4. The van der Waals surface area contributed by atoms with Crippen molar-refractivity contribution in [3.05, 3.63) is 97.3 Å². The van der Waals surface area contributed by atoms with Crippen LogP contribution in [-0.2, 0) is 0 Å². The van der Waals surface area contributed by atoms with Crippen molar-refractivity contribution in [1.29, 1.82) is 0 Å². The van der Waals surface area contributed by atoms with E-state index in [0.717, 1.165) is 39.4 Å². The number of nitrogens with one attached hydrogen (secondary N) is 3. The molecule has 0 aliphatic carbocycles. The van der Waals surface area contributed by atoms with Gasteiger partial charge in [-0.1, -0.05) is 42.5 Å². The molecule has 33 heavy (non-hydrogen) atoms. The second kappa shape index (κ2) is 9.37. The Morgan fingerprint density at radius 1 is 0.667 bits per heavy atom. The lowest BCUT2D eigenvalue weighted by Crippen LogP contribution is -2.20. The summed E-state index contributed by atoms with van der Waals surface area (Å²) >= 11 is 5.50. The van der Waals surface area contributed by atoms with Gasteiger partial charge in [0.1, 0.15) is 0 Å². The summed E-state index contributed by atoms with van der Waals surface area (Å²) in [6.45, 7) is 0. The van der Waals surface area contributed by atoms with Crippen molar-refractivity contribution in [3.63, 3.8) is 0 Å². The van der Waals surface area contributed by atoms with Gasteiger partial charge in [0.2, 0.25) is 0 Å². The van der Waals surface area contributed by atoms with Crippen LogP contribution in [0.15, 0.2) is 97.3 Å². The molecular weight excluding hydrogens is 430 g/mol. The maximum absolute atomic E-state index is 5.50. The van der Waals surface area contributed by atoms with Crippen molar-refractivity contribution >= 4 is 51.2 Å². The molecule has 8 heteroatoms. The van der Waals surface area contributed by atoms with E-state index in [1.807, 2.05) is 84.9 Å². The zero-order valence-corrected chi connectivity index (χ0v) is 18.3. The summed E-state index contributed by atoms with van der Waals surface area (Å²) in [5.74, 6) is 0.561. The van der Waals surface area contributed by atoms with Gasteiger partial charge in [0, 0.05) is 23.6 Å². The van der Waals surface area contributed by atoms with Crippen LogP contribution in [0.25, 0.3) is 22.3 Å². The van der Waals surface area contributed by atoms with Crippen LogP contribution < -0.4 is 16.0 Å². The van der Waals surface area contributed by atoms with Crippen molar-refractivity contribution in [2.24, 2.45) is 0 Å². The first-order valence-corrected chi connectivity index (χ1v) is 10.7. The molecule has 2 heterocycles. The van der Waals surface area contributed by atoms with Gasteiger partial charge in [-0.3, -0.25) is 9.97 Å². The molecule has 0 saturated carbocycles. The molecule has 5 aromatic rings. The minimum absolute atomic E-state index is 0.412. The smallest absolute Gasteiger partial charge is 0.176 e. The lowest BCUT2D eigenvalue weighted by Gasteiger charge is -2.15. The van der Waals surface area contributed by atoms with Crippen LogP contribution >= 0.6 is 12.2 Å². The predicted molar refractivity (Wildman–Crippen MR) is 137 cm³/mol. The average Bonchev–Trinajstić information content (AvgIpc) is 2.86. The van der Waals surface area contributed by atoms with Crippen molar-refractivity contribution in [1.82, 2.24) is 20.2 Å². The molecule has 2 aromatic heterocycles. The fourth-order valence-electron chi connectivity index (χ4n) is 3.33. The van der Waals surface area contributed by atoms with Crippen molar-refractivity contribution in [2.75, 3.05) is 16.0 Å². The monoisotopic (exact) mass is 449 g/mol. The molecule has 7 nitrogen and oxygen atoms in total. The van der Waals surface area contributed by atoms with Crippen LogP contribution in [0.5, 0.6) is 0 Å². The van der Waals surface area contributed by atoms with Crippen LogP contribution in [0.1, 0.15) is 0 Å². The molecule has 160 valence electrons. The Morgan fingerprint density at radius 3 is 2.21 bits per heavy atom. The van der Waals surface area contributed by atoms with Gasteiger partial charge in [-0.15, -0.1) is 10.2 Å². The molecule has 0 aliphatic heterocycles. The highest BCUT2D eigenvalue weighted by Gasteiger charge is 2.07. The SMILES string of the molecule is S=C(Nc1ccc(-c2ccccc2)nn1)Nc1ccccc1Nc1ccc2nccnc2c1. The number of rotatable bonds is 5. The fraction of sp³-hybridized carbons (Fsp3) is 0. The van der Waals surface area contributed by atoms with E-state index in [-0.39, 0.29) is 0 Å². The Balaban J connectivity index is 1.28. The molecular formula is C25H19N7S. The molecule has 0 bridgehead atoms. The third kappa shape index (κ3) is 4.91. The zero-order valence-electron chi connectivity index (χ0n) is 17.4. The van der Waals surface area contributed by atoms with E-state index in [0.29, 0.717) is 10.9 Å². The highest BCUT2D eigenvalue weighted by atomic mass is 32.1. The number of hydrogen-bond donors (Lipinski definition) is 3. The van der Waals surface area contributed by atoms with Gasteiger partial charge in [-0.25, -0.2) is 0 Å². The van der Waals surface area contributed by atoms with E-state index in [4.69, 9.17) is 12.2 Å². The second-order valence-corrected chi connectivity index (χ2v) is 7.59. The molecule has 3 aromatic carbocycles. The highest BCUT2D eigenvalue weighted by Crippen LogP contribution is 2.27. The van der Waals surface area contributed by atoms with Crippen LogP contribution in [0, 0.1) is 0 Å². The lowest BCUT2D eigenvalue weighted by molar-refractivity contribution is 1.05. The molecule has 0 spiro atoms. The Labute approximate surface area is 196 Å². The van der Waals surface area contributed by atoms with E-state index >= 15 is 0 Å². The van der Waals surface area contributed by atoms with Gasteiger partial charge in [-0.2, -0.15) is 0 Å². The first kappa shape index (κ1) is 20.5. The number of thiocarbonyl (C=S) groups is 1. The summed E-state index contributed by atoms with van der Waals surface area (Å²) in [7, 11) is 0. The summed E-state index contributed by atoms with van der Waals surface area (Å²) < 4.78 is 0. The quantitative estimate of drug-likeness (QED) is 0.297. The number of benzene rings is 3. The van der Waals surface area contributed by atoms with Crippen LogP contribution in [0.2, 0.25) is 0 Å². The minimum atomic E-state index is 0.412. The highest BCUT2D eigenvalue weighted by molar-refractivity contribution is 7.80. The summed E-state index contributed by atoms with van der Waals surface area (Å²) in [6, 6.07) is 27.3. The molecule has 5 rings (SSSR count). The number of nitrogens with zero attached hydrogens (tertiary/aromatic N) is 4. The Morgan fingerprint density at radius 2 is 1.42 bits per heavy atom. The van der Waals surface area contributed by atoms with E-state index in [9.17, 15) is 0 Å². The molecule has 0 atom stereocenters. The van der Waals surface area contributed by atoms with Crippen molar-refractivity contribution in [2.45, 2.75) is 0 Å². The van der Waals surface area contributed by atoms with E-state index in [1.165, 1.54) is 0 Å². The fourth-order valence-corrected chi connectivity index (χ4v) is 3.54. The maximum atomic E-state index is 5.50. The minimum Gasteiger partial charge on any atom is -0.354 e. The standard InChI is InChI=1S/C25H19N7S/c33-25(30-24-13-12-19(31-32-24)17-6-2-1-3-7-17)29-22-9-5-4-8-21(22)28-18-10-11-20-23(16-18)27-15-14-26-20/h1-16,28H,(H2,29,30,32,33). The maximum Gasteiger partial charge on any atom is 0.176 e. The van der Waals surface area contributed by atoms with Crippen LogP contribution in [-0.4, -0.2) is 25.3 Å². The average molecular weight is 450 g/mol. The van der Waals surface area contributed by atoms with Gasteiger partial charge < -0.3 is 16.0 Å². The second-order valence-electron chi connectivity index (χ2n) is 7.18. The van der Waals surface area contributed by atoms with Gasteiger partial charge in [-0.05, 0) is 54.7 Å². The van der Waals surface area contributed by atoms with Crippen LogP contribution in [0.4, 0.5) is 22.9 Å². The van der Waals surface area contributed by atoms with Crippen molar-refractivity contribution in [3.8, 4) is 11.3 Å². The third-order valence-electron chi connectivity index (χ3n) is 4.90. The molecule has 3 N–H and O–H groups in total. The Bertz CT molecular complexity index is 1410. The Kier molecular flexibility index (Phi) is 5.81. The summed E-state index contributed by atoms with van der Waals surface area (Å²) in [5.41, 5.74) is 6.07. The summed E-state index contributed by atoms with van der Waals surface area (Å²) in [4.78, 5) is 8.67. The van der Waals surface area contributed by atoms with E-state index in [2.05, 4.69) is 36.1 Å². The predicted octanol–water partition coefficient (Wildman–Crippen LogP) is 5.64. The Hall–Kier alpha value is -4.43. The topological polar surface area (TPSA) is 87.7 Å². The molecule has 0 fully saturated rings. The first-order chi connectivity index (χ1) is 16.2. The largest absolute Gasteiger partial charge is 0.354 e. The lowest BCUT2D eigenvalue weighted by atomic mass is 10.1. The van der Waals surface area contributed by atoms with Crippen LogP contribution in [0.3, 0.4) is 0 Å². The molecule has 0 aliphatic rings. The van der Waals surface area contributed by atoms with Gasteiger partial charge >= 0.3 is 0 Å². The number of para-hydroxylation sites is 2. The molecule has 0 saturated heterocycles. The number of aromatic nitrogens is 4. The normalized spacial score (nSPS) is 10.5. The molecule has 0 amide bonds. The van der Waals surface area contributed by atoms with E-state index < -0.39 is 0 Å². The van der Waals surface area contributed by atoms with Crippen molar-refractivity contribution < 1.29 is 0 Å². The molecule has 0 radical (unpaired) electrons. The summed E-state index contributed by atoms with van der Waals surface area (Å²) in [5, 5.41) is 18.7.